The number of nitro groups is 1. The molecule has 10 nitrogen and oxygen atoms in total. The van der Waals surface area contributed by atoms with Gasteiger partial charge in [0.1, 0.15) is 10.6 Å². The maximum absolute atomic E-state index is 12.7. The fourth-order valence-electron chi connectivity index (χ4n) is 3.13. The highest BCUT2D eigenvalue weighted by Crippen LogP contribution is 2.32. The van der Waals surface area contributed by atoms with E-state index >= 15 is 0 Å². The molecule has 0 amide bonds. The normalized spacial score (nSPS) is 16.0. The lowest BCUT2D eigenvalue weighted by Crippen LogP contribution is -2.49. The van der Waals surface area contributed by atoms with E-state index in [4.69, 9.17) is 0 Å². The number of aryl methyl sites for hydroxylation is 2. The summed E-state index contributed by atoms with van der Waals surface area (Å²) in [4.78, 5) is 16.9. The Morgan fingerprint density at radius 1 is 1.27 bits per heavy atom. The van der Waals surface area contributed by atoms with E-state index in [9.17, 15) is 18.5 Å². The maximum Gasteiger partial charge on any atom is 0.334 e. The SMILES string of the molecule is CCc1nn(C)c(N2CCN(S(=O)(=O)c3cccnc3)CC2)c1[N+](=O)[O-]. The van der Waals surface area contributed by atoms with Crippen molar-refractivity contribution in [2.45, 2.75) is 18.2 Å². The molecule has 0 saturated carbocycles. The molecule has 2 aromatic heterocycles. The Bertz CT molecular complexity index is 904. The van der Waals surface area contributed by atoms with Crippen LogP contribution in [0, 0.1) is 10.1 Å². The third-order valence-electron chi connectivity index (χ3n) is 4.39. The van der Waals surface area contributed by atoms with E-state index < -0.39 is 14.9 Å². The summed E-state index contributed by atoms with van der Waals surface area (Å²) in [6.45, 7) is 2.99. The summed E-state index contributed by atoms with van der Waals surface area (Å²) >= 11 is 0. The predicted octanol–water partition coefficient (Wildman–Crippen LogP) is 0.797. The van der Waals surface area contributed by atoms with Crippen LogP contribution in [0.1, 0.15) is 12.6 Å². The Balaban J connectivity index is 1.82. The largest absolute Gasteiger partial charge is 0.348 e. The number of nitrogens with zero attached hydrogens (tertiary/aromatic N) is 6. The lowest BCUT2D eigenvalue weighted by molar-refractivity contribution is -0.384. The quantitative estimate of drug-likeness (QED) is 0.556. The minimum Gasteiger partial charge on any atom is -0.348 e. The van der Waals surface area contributed by atoms with Gasteiger partial charge in [-0.05, 0) is 18.6 Å². The van der Waals surface area contributed by atoms with Gasteiger partial charge in [0.05, 0.1) is 4.92 Å². The molecule has 0 radical (unpaired) electrons. The first-order chi connectivity index (χ1) is 12.4. The molecule has 0 spiro atoms. The molecule has 2 aromatic rings. The van der Waals surface area contributed by atoms with Crippen LogP contribution in [0.2, 0.25) is 0 Å². The monoisotopic (exact) mass is 380 g/mol. The molecule has 0 bridgehead atoms. The fraction of sp³-hybridized carbons (Fsp3) is 0.467. The molecule has 1 fully saturated rings. The number of anilines is 1. The van der Waals surface area contributed by atoms with Crippen LogP contribution >= 0.6 is 0 Å². The zero-order valence-corrected chi connectivity index (χ0v) is 15.4. The highest BCUT2D eigenvalue weighted by Gasteiger charge is 2.34. The second kappa shape index (κ2) is 7.00. The van der Waals surface area contributed by atoms with Crippen molar-refractivity contribution in [1.82, 2.24) is 19.1 Å². The predicted molar refractivity (Wildman–Crippen MR) is 94.4 cm³/mol. The minimum absolute atomic E-state index is 0.00133. The molecule has 1 aliphatic rings. The first kappa shape index (κ1) is 18.3. The Labute approximate surface area is 151 Å². The number of hydrogen-bond donors (Lipinski definition) is 0. The summed E-state index contributed by atoms with van der Waals surface area (Å²) in [5.41, 5.74) is 0.427. The van der Waals surface area contributed by atoms with Crippen LogP contribution in [0.5, 0.6) is 0 Å². The van der Waals surface area contributed by atoms with Crippen LogP contribution in [0.3, 0.4) is 0 Å². The van der Waals surface area contributed by atoms with E-state index in [0.717, 1.165) is 0 Å². The summed E-state index contributed by atoms with van der Waals surface area (Å²) in [6.07, 6.45) is 3.30. The molecule has 0 N–H and O–H groups in total. The second-order valence-electron chi connectivity index (χ2n) is 5.93. The van der Waals surface area contributed by atoms with E-state index in [2.05, 4.69) is 10.1 Å². The van der Waals surface area contributed by atoms with Gasteiger partial charge in [0.15, 0.2) is 0 Å². The van der Waals surface area contributed by atoms with Crippen LogP contribution in [-0.2, 0) is 23.5 Å². The average Bonchev–Trinajstić information content (AvgIpc) is 2.99. The summed E-state index contributed by atoms with van der Waals surface area (Å²) in [5, 5.41) is 15.7. The van der Waals surface area contributed by atoms with E-state index in [1.165, 1.54) is 27.4 Å². The molecule has 0 aromatic carbocycles. The van der Waals surface area contributed by atoms with Crippen molar-refractivity contribution in [3.63, 3.8) is 0 Å². The zero-order valence-electron chi connectivity index (χ0n) is 14.6. The van der Waals surface area contributed by atoms with Crippen molar-refractivity contribution in [1.29, 1.82) is 0 Å². The number of rotatable bonds is 5. The van der Waals surface area contributed by atoms with Gasteiger partial charge in [-0.3, -0.25) is 15.1 Å². The summed E-state index contributed by atoms with van der Waals surface area (Å²) in [7, 11) is -1.95. The van der Waals surface area contributed by atoms with Gasteiger partial charge in [-0.1, -0.05) is 6.92 Å². The Hall–Kier alpha value is -2.53. The van der Waals surface area contributed by atoms with Crippen LogP contribution in [0.4, 0.5) is 11.5 Å². The van der Waals surface area contributed by atoms with Crippen LogP contribution in [0.25, 0.3) is 0 Å². The molecule has 1 aliphatic heterocycles. The van der Waals surface area contributed by atoms with E-state index in [1.807, 2.05) is 11.8 Å². The molecule has 0 unspecified atom stereocenters. The van der Waals surface area contributed by atoms with E-state index in [1.54, 1.807) is 13.1 Å². The van der Waals surface area contributed by atoms with Crippen LogP contribution < -0.4 is 4.90 Å². The van der Waals surface area contributed by atoms with Gasteiger partial charge in [-0.2, -0.15) is 9.40 Å². The number of aromatic nitrogens is 3. The Morgan fingerprint density at radius 2 is 1.96 bits per heavy atom. The van der Waals surface area contributed by atoms with Gasteiger partial charge >= 0.3 is 5.69 Å². The van der Waals surface area contributed by atoms with Crippen molar-refractivity contribution in [2.75, 3.05) is 31.1 Å². The van der Waals surface area contributed by atoms with Gasteiger partial charge in [0.25, 0.3) is 0 Å². The Kier molecular flexibility index (Phi) is 4.92. The van der Waals surface area contributed by atoms with Crippen molar-refractivity contribution >= 4 is 21.5 Å². The number of piperazine rings is 1. The number of pyridine rings is 1. The van der Waals surface area contributed by atoms with Gasteiger partial charge < -0.3 is 4.90 Å². The lowest BCUT2D eigenvalue weighted by atomic mass is 10.2. The standard InChI is InChI=1S/C15H20N6O4S/c1-3-13-14(21(22)23)15(18(2)17-13)19-7-9-20(10-8-19)26(24,25)12-5-4-6-16-11-12/h4-6,11H,3,7-10H2,1-2H3. The van der Waals surface area contributed by atoms with E-state index in [0.29, 0.717) is 31.0 Å². The smallest absolute Gasteiger partial charge is 0.334 e. The third kappa shape index (κ3) is 3.15. The number of hydrogen-bond acceptors (Lipinski definition) is 7. The van der Waals surface area contributed by atoms with Crippen LogP contribution in [0.15, 0.2) is 29.4 Å². The average molecular weight is 380 g/mol. The first-order valence-electron chi connectivity index (χ1n) is 8.21. The molecule has 0 atom stereocenters. The highest BCUT2D eigenvalue weighted by molar-refractivity contribution is 7.89. The van der Waals surface area contributed by atoms with Gasteiger partial charge in [0, 0.05) is 45.6 Å². The molecule has 11 heteroatoms. The summed E-state index contributed by atoms with van der Waals surface area (Å²) in [6, 6.07) is 3.09. The molecular formula is C15H20N6O4S. The molecule has 3 heterocycles. The molecule has 140 valence electrons. The summed E-state index contributed by atoms with van der Waals surface area (Å²) < 4.78 is 28.2. The van der Waals surface area contributed by atoms with Gasteiger partial charge in [-0.25, -0.2) is 13.1 Å². The van der Waals surface area contributed by atoms with Crippen molar-refractivity contribution in [2.24, 2.45) is 7.05 Å². The third-order valence-corrected chi connectivity index (χ3v) is 6.27. The maximum atomic E-state index is 12.7. The molecular weight excluding hydrogens is 360 g/mol. The van der Waals surface area contributed by atoms with E-state index in [-0.39, 0.29) is 23.7 Å². The van der Waals surface area contributed by atoms with Crippen molar-refractivity contribution in [3.05, 3.63) is 40.3 Å². The fourth-order valence-corrected chi connectivity index (χ4v) is 4.51. The zero-order chi connectivity index (χ0) is 18.9. The summed E-state index contributed by atoms with van der Waals surface area (Å²) in [5.74, 6) is 0.422. The molecule has 3 rings (SSSR count). The van der Waals surface area contributed by atoms with Gasteiger partial charge in [0.2, 0.25) is 15.8 Å². The van der Waals surface area contributed by atoms with Crippen molar-refractivity contribution in [3.8, 4) is 0 Å². The second-order valence-corrected chi connectivity index (χ2v) is 7.87. The molecule has 1 saturated heterocycles. The lowest BCUT2D eigenvalue weighted by Gasteiger charge is -2.34. The molecule has 26 heavy (non-hydrogen) atoms. The van der Waals surface area contributed by atoms with Crippen LogP contribution in [-0.4, -0.2) is 58.6 Å². The highest BCUT2D eigenvalue weighted by atomic mass is 32.2. The number of sulfonamides is 1. The Morgan fingerprint density at radius 3 is 2.50 bits per heavy atom. The van der Waals surface area contributed by atoms with Crippen molar-refractivity contribution < 1.29 is 13.3 Å². The topological polar surface area (TPSA) is 114 Å². The first-order valence-corrected chi connectivity index (χ1v) is 9.65. The molecule has 0 aliphatic carbocycles. The van der Waals surface area contributed by atoms with Gasteiger partial charge in [-0.15, -0.1) is 0 Å². The minimum atomic E-state index is -3.62.